The molecule has 3 aromatic rings. The number of hydrogen-bond acceptors (Lipinski definition) is 2. The van der Waals surface area contributed by atoms with E-state index in [2.05, 4.69) is 59.0 Å². The molecule has 24 heavy (non-hydrogen) atoms. The Kier molecular flexibility index (Phi) is 5.69. The molecule has 0 spiro atoms. The molecule has 0 bridgehead atoms. The van der Waals surface area contributed by atoms with Crippen LogP contribution in [0.3, 0.4) is 0 Å². The summed E-state index contributed by atoms with van der Waals surface area (Å²) >= 11 is 0. The van der Waals surface area contributed by atoms with E-state index < -0.39 is 0 Å². The molecule has 3 rings (SSSR count). The van der Waals surface area contributed by atoms with Crippen LogP contribution in [-0.4, -0.2) is 16.6 Å². The van der Waals surface area contributed by atoms with Crippen molar-refractivity contribution in [2.45, 2.75) is 18.9 Å². The zero-order valence-electron chi connectivity index (χ0n) is 13.4. The van der Waals surface area contributed by atoms with Crippen molar-refractivity contribution in [1.29, 1.82) is 0 Å². The van der Waals surface area contributed by atoms with Crippen molar-refractivity contribution >= 4 is 10.5 Å². The maximum Gasteiger partial charge on any atom is 0.341 e. The summed E-state index contributed by atoms with van der Waals surface area (Å²) in [5.41, 5.74) is 2.52. The van der Waals surface area contributed by atoms with Gasteiger partial charge in [0.2, 0.25) is 0 Å². The van der Waals surface area contributed by atoms with Gasteiger partial charge in [-0.25, -0.2) is 0 Å². The minimum absolute atomic E-state index is 0.0257. The number of benzene rings is 3. The van der Waals surface area contributed by atoms with Crippen LogP contribution in [0.1, 0.15) is 11.1 Å². The van der Waals surface area contributed by atoms with Crippen molar-refractivity contribution < 1.29 is 9.16 Å². The van der Waals surface area contributed by atoms with E-state index in [1.165, 1.54) is 11.1 Å². The maximum atomic E-state index is 6.29. The lowest BCUT2D eigenvalue weighted by atomic mass is 10.0. The minimum atomic E-state index is 0.0257. The first-order valence-electron chi connectivity index (χ1n) is 8.02. The molecular formula is C21H19O2Si. The van der Waals surface area contributed by atoms with E-state index in [9.17, 15) is 0 Å². The second-order valence-electron chi connectivity index (χ2n) is 5.67. The van der Waals surface area contributed by atoms with Gasteiger partial charge in [0.15, 0.2) is 5.75 Å². The Morgan fingerprint density at radius 1 is 0.625 bits per heavy atom. The molecule has 0 aliphatic heterocycles. The predicted molar refractivity (Wildman–Crippen MR) is 97.5 cm³/mol. The molecule has 0 fully saturated rings. The molecule has 0 aliphatic rings. The Bertz CT molecular complexity index is 703. The average molecular weight is 331 g/mol. The van der Waals surface area contributed by atoms with E-state index in [0.29, 0.717) is 5.75 Å². The van der Waals surface area contributed by atoms with Gasteiger partial charge < -0.3 is 9.16 Å². The van der Waals surface area contributed by atoms with E-state index in [-0.39, 0.29) is 6.10 Å². The Morgan fingerprint density at radius 2 is 1.08 bits per heavy atom. The monoisotopic (exact) mass is 331 g/mol. The fourth-order valence-corrected chi connectivity index (χ4v) is 2.89. The van der Waals surface area contributed by atoms with E-state index >= 15 is 0 Å². The van der Waals surface area contributed by atoms with Crippen molar-refractivity contribution in [3.63, 3.8) is 0 Å². The first-order valence-corrected chi connectivity index (χ1v) is 8.43. The van der Waals surface area contributed by atoms with Crippen LogP contribution in [0.2, 0.25) is 0 Å². The first kappa shape index (κ1) is 16.3. The molecule has 3 heteroatoms. The van der Waals surface area contributed by atoms with Crippen molar-refractivity contribution in [2.75, 3.05) is 0 Å². The van der Waals surface area contributed by atoms with E-state index in [1.54, 1.807) is 0 Å². The van der Waals surface area contributed by atoms with E-state index in [1.807, 2.05) is 36.4 Å². The quantitative estimate of drug-likeness (QED) is 0.598. The molecular weight excluding hydrogens is 312 g/mol. The third-order valence-electron chi connectivity index (χ3n) is 3.87. The van der Waals surface area contributed by atoms with Gasteiger partial charge in [0.05, 0.1) is 0 Å². The summed E-state index contributed by atoms with van der Waals surface area (Å²) in [6.45, 7) is 0. The van der Waals surface area contributed by atoms with Gasteiger partial charge in [0, 0.05) is 12.8 Å². The van der Waals surface area contributed by atoms with Gasteiger partial charge in [-0.05, 0) is 23.3 Å². The molecule has 0 amide bonds. The van der Waals surface area contributed by atoms with Crippen LogP contribution in [-0.2, 0) is 12.8 Å². The average Bonchev–Trinajstić information content (AvgIpc) is 2.64. The second kappa shape index (κ2) is 8.36. The molecule has 3 aromatic carbocycles. The normalized spacial score (nSPS) is 10.6. The third kappa shape index (κ3) is 4.49. The lowest BCUT2D eigenvalue weighted by Crippen LogP contribution is -2.23. The van der Waals surface area contributed by atoms with Gasteiger partial charge in [0.25, 0.3) is 0 Å². The highest BCUT2D eigenvalue weighted by molar-refractivity contribution is 6.00. The van der Waals surface area contributed by atoms with Gasteiger partial charge >= 0.3 is 10.5 Å². The molecule has 0 N–H and O–H groups in total. The van der Waals surface area contributed by atoms with Gasteiger partial charge in [-0.1, -0.05) is 72.8 Å². The molecule has 0 heterocycles. The summed E-state index contributed by atoms with van der Waals surface area (Å²) in [5, 5.41) is 0. The highest BCUT2D eigenvalue weighted by atomic mass is 28.2. The molecule has 0 unspecified atom stereocenters. The van der Waals surface area contributed by atoms with Gasteiger partial charge in [0.1, 0.15) is 11.9 Å². The highest BCUT2D eigenvalue weighted by Crippen LogP contribution is 2.28. The third-order valence-corrected chi connectivity index (χ3v) is 4.09. The van der Waals surface area contributed by atoms with Crippen LogP contribution < -0.4 is 9.16 Å². The van der Waals surface area contributed by atoms with Crippen LogP contribution >= 0.6 is 0 Å². The zero-order chi connectivity index (χ0) is 16.6. The molecule has 0 atom stereocenters. The Labute approximate surface area is 146 Å². The van der Waals surface area contributed by atoms with E-state index in [4.69, 9.17) is 9.16 Å². The fraction of sp³-hybridized carbons (Fsp3) is 0.143. The Morgan fingerprint density at radius 3 is 1.58 bits per heavy atom. The van der Waals surface area contributed by atoms with Gasteiger partial charge in [-0.2, -0.15) is 0 Å². The summed E-state index contributed by atoms with van der Waals surface area (Å²) in [5.74, 6) is 1.42. The first-order chi connectivity index (χ1) is 11.8. The molecule has 0 saturated heterocycles. The summed E-state index contributed by atoms with van der Waals surface area (Å²) in [6.07, 6.45) is 1.70. The smallest absolute Gasteiger partial charge is 0.341 e. The summed E-state index contributed by atoms with van der Waals surface area (Å²) in [6, 6.07) is 28.5. The summed E-state index contributed by atoms with van der Waals surface area (Å²) in [4.78, 5) is 0. The van der Waals surface area contributed by atoms with Crippen LogP contribution in [0.5, 0.6) is 11.5 Å². The van der Waals surface area contributed by atoms with Crippen LogP contribution in [0.15, 0.2) is 84.9 Å². The fourth-order valence-electron chi connectivity index (χ4n) is 2.72. The Hall–Kier alpha value is -2.52. The molecule has 0 saturated carbocycles. The van der Waals surface area contributed by atoms with E-state index in [0.717, 1.165) is 18.6 Å². The van der Waals surface area contributed by atoms with Crippen molar-refractivity contribution in [1.82, 2.24) is 0 Å². The molecule has 0 aliphatic carbocycles. The van der Waals surface area contributed by atoms with Crippen molar-refractivity contribution in [3.8, 4) is 11.5 Å². The SMILES string of the molecule is [Si]Oc1ccccc1OC(Cc1ccccc1)Cc1ccccc1. The number of para-hydroxylation sites is 2. The second-order valence-corrected chi connectivity index (χ2v) is 5.87. The van der Waals surface area contributed by atoms with Crippen molar-refractivity contribution in [2.24, 2.45) is 0 Å². The predicted octanol–water partition coefficient (Wildman–Crippen LogP) is 4.38. The zero-order valence-corrected chi connectivity index (χ0v) is 14.4. The Balaban J connectivity index is 1.81. The molecule has 119 valence electrons. The minimum Gasteiger partial charge on any atom is -0.538 e. The number of rotatable bonds is 7. The van der Waals surface area contributed by atoms with Gasteiger partial charge in [-0.3, -0.25) is 0 Å². The number of hydrogen-bond donors (Lipinski definition) is 0. The largest absolute Gasteiger partial charge is 0.538 e. The molecule has 2 nitrogen and oxygen atoms in total. The topological polar surface area (TPSA) is 18.5 Å². The molecule has 3 radical (unpaired) electrons. The van der Waals surface area contributed by atoms with Crippen LogP contribution in [0.25, 0.3) is 0 Å². The van der Waals surface area contributed by atoms with Crippen LogP contribution in [0, 0.1) is 0 Å². The van der Waals surface area contributed by atoms with Crippen LogP contribution in [0.4, 0.5) is 0 Å². The lowest BCUT2D eigenvalue weighted by molar-refractivity contribution is 0.198. The molecule has 0 aromatic heterocycles. The summed E-state index contributed by atoms with van der Waals surface area (Å²) < 4.78 is 11.5. The highest BCUT2D eigenvalue weighted by Gasteiger charge is 2.15. The standard InChI is InChI=1S/C21H19O2Si/c24-23-21-14-8-7-13-20(21)22-19(15-17-9-3-1-4-10-17)16-18-11-5-2-6-12-18/h1-14,19H,15-16H2. The van der Waals surface area contributed by atoms with Gasteiger partial charge in [-0.15, -0.1) is 0 Å². The maximum absolute atomic E-state index is 6.29. The lowest BCUT2D eigenvalue weighted by Gasteiger charge is -2.21. The summed E-state index contributed by atoms with van der Waals surface area (Å²) in [7, 11) is 3.10. The number of ether oxygens (including phenoxy) is 1. The van der Waals surface area contributed by atoms with Crippen molar-refractivity contribution in [3.05, 3.63) is 96.1 Å².